The van der Waals surface area contributed by atoms with Crippen LogP contribution in [0.1, 0.15) is 39.7 Å². The molecule has 0 fully saturated rings. The van der Waals surface area contributed by atoms with E-state index in [0.29, 0.717) is 11.0 Å². The summed E-state index contributed by atoms with van der Waals surface area (Å²) in [4.78, 5) is 21.9. The second kappa shape index (κ2) is 7.12. The average Bonchev–Trinajstić information content (AvgIpc) is 2.63. The smallest absolute Gasteiger partial charge is 0.279 e. The molecule has 2 aromatic carbocycles. The standard InChI is InChI=1S/C21H23N3O2/c1-6-15-9-7-8-12(2)18(15)24-20(25)19-21(26-5)23-17-11-14(4)13(3)10-16(17)22-19/h7-11H,6H2,1-5H3,(H,24,25). The molecule has 134 valence electrons. The fraction of sp³-hybridized carbons (Fsp3) is 0.286. The number of anilines is 1. The number of aromatic nitrogens is 2. The van der Waals surface area contributed by atoms with E-state index in [4.69, 9.17) is 4.74 Å². The van der Waals surface area contributed by atoms with Crippen molar-refractivity contribution < 1.29 is 9.53 Å². The fourth-order valence-electron chi connectivity index (χ4n) is 2.96. The molecule has 26 heavy (non-hydrogen) atoms. The van der Waals surface area contributed by atoms with Crippen LogP contribution in [0, 0.1) is 20.8 Å². The Hall–Kier alpha value is -2.95. The quantitative estimate of drug-likeness (QED) is 0.759. The molecule has 0 spiro atoms. The number of nitrogens with one attached hydrogen (secondary N) is 1. The number of aryl methyl sites for hydroxylation is 4. The maximum atomic E-state index is 12.9. The molecule has 1 amide bonds. The summed E-state index contributed by atoms with van der Waals surface area (Å²) in [7, 11) is 1.50. The van der Waals surface area contributed by atoms with E-state index in [1.165, 1.54) is 7.11 Å². The first-order valence-corrected chi connectivity index (χ1v) is 8.67. The van der Waals surface area contributed by atoms with Gasteiger partial charge in [-0.1, -0.05) is 25.1 Å². The topological polar surface area (TPSA) is 64.1 Å². The minimum Gasteiger partial charge on any atom is -0.479 e. The zero-order valence-electron chi connectivity index (χ0n) is 15.8. The molecule has 0 aliphatic carbocycles. The number of nitrogens with zero attached hydrogens (tertiary/aromatic N) is 2. The molecule has 5 heteroatoms. The Morgan fingerprint density at radius 1 is 1.04 bits per heavy atom. The number of fused-ring (bicyclic) bond motifs is 1. The molecule has 3 aromatic rings. The zero-order valence-corrected chi connectivity index (χ0v) is 15.8. The molecule has 0 atom stereocenters. The molecule has 0 radical (unpaired) electrons. The van der Waals surface area contributed by atoms with Crippen molar-refractivity contribution in [1.82, 2.24) is 9.97 Å². The number of hydrogen-bond acceptors (Lipinski definition) is 4. The van der Waals surface area contributed by atoms with Crippen LogP contribution in [0.4, 0.5) is 5.69 Å². The fourth-order valence-corrected chi connectivity index (χ4v) is 2.96. The molecule has 3 rings (SSSR count). The van der Waals surface area contributed by atoms with E-state index in [-0.39, 0.29) is 17.5 Å². The van der Waals surface area contributed by atoms with Gasteiger partial charge in [-0.25, -0.2) is 9.97 Å². The third-order valence-corrected chi connectivity index (χ3v) is 4.63. The molecule has 0 aliphatic heterocycles. The Morgan fingerprint density at radius 2 is 1.69 bits per heavy atom. The number of rotatable bonds is 4. The monoisotopic (exact) mass is 349 g/mol. The molecule has 1 heterocycles. The molecule has 0 aliphatic rings. The highest BCUT2D eigenvalue weighted by Gasteiger charge is 2.19. The molecular weight excluding hydrogens is 326 g/mol. The Balaban J connectivity index is 2.07. The maximum absolute atomic E-state index is 12.9. The van der Waals surface area contributed by atoms with Gasteiger partial charge in [0.05, 0.1) is 18.1 Å². The number of benzene rings is 2. The third kappa shape index (κ3) is 3.25. The van der Waals surface area contributed by atoms with Gasteiger partial charge in [0.2, 0.25) is 5.88 Å². The second-order valence-corrected chi connectivity index (χ2v) is 6.42. The van der Waals surface area contributed by atoms with Crippen molar-refractivity contribution in [2.45, 2.75) is 34.1 Å². The van der Waals surface area contributed by atoms with Crippen molar-refractivity contribution in [2.75, 3.05) is 12.4 Å². The van der Waals surface area contributed by atoms with E-state index < -0.39 is 0 Å². The highest BCUT2D eigenvalue weighted by atomic mass is 16.5. The van der Waals surface area contributed by atoms with E-state index in [1.54, 1.807) is 0 Å². The minimum atomic E-state index is -0.321. The number of para-hydroxylation sites is 1. The van der Waals surface area contributed by atoms with Gasteiger partial charge in [0.1, 0.15) is 0 Å². The molecule has 1 aromatic heterocycles. The van der Waals surface area contributed by atoms with Gasteiger partial charge >= 0.3 is 0 Å². The minimum absolute atomic E-state index is 0.188. The van der Waals surface area contributed by atoms with Crippen molar-refractivity contribution >= 4 is 22.6 Å². The molecule has 0 bridgehead atoms. The number of hydrogen-bond donors (Lipinski definition) is 1. The molecule has 5 nitrogen and oxygen atoms in total. The van der Waals surface area contributed by atoms with Crippen molar-refractivity contribution in [3.8, 4) is 5.88 Å². The van der Waals surface area contributed by atoms with Gasteiger partial charge in [0.25, 0.3) is 5.91 Å². The first-order chi connectivity index (χ1) is 12.4. The lowest BCUT2D eigenvalue weighted by Crippen LogP contribution is -2.17. The van der Waals surface area contributed by atoms with Crippen LogP contribution in [0.2, 0.25) is 0 Å². The van der Waals surface area contributed by atoms with Gasteiger partial charge in [-0.3, -0.25) is 4.79 Å². The van der Waals surface area contributed by atoms with Crippen molar-refractivity contribution in [1.29, 1.82) is 0 Å². The third-order valence-electron chi connectivity index (χ3n) is 4.63. The lowest BCUT2D eigenvalue weighted by molar-refractivity contribution is 0.101. The zero-order chi connectivity index (χ0) is 18.8. The molecular formula is C21H23N3O2. The Kier molecular flexibility index (Phi) is 4.89. The number of methoxy groups -OCH3 is 1. The second-order valence-electron chi connectivity index (χ2n) is 6.42. The van der Waals surface area contributed by atoms with E-state index in [0.717, 1.165) is 34.4 Å². The van der Waals surface area contributed by atoms with Crippen LogP contribution in [-0.4, -0.2) is 23.0 Å². The number of carbonyl (C=O) groups is 1. The maximum Gasteiger partial charge on any atom is 0.279 e. The Bertz CT molecular complexity index is 996. The van der Waals surface area contributed by atoms with Crippen LogP contribution >= 0.6 is 0 Å². The van der Waals surface area contributed by atoms with Gasteiger partial charge in [0, 0.05) is 5.69 Å². The van der Waals surface area contributed by atoms with E-state index in [1.807, 2.05) is 51.1 Å². The first-order valence-electron chi connectivity index (χ1n) is 8.67. The summed E-state index contributed by atoms with van der Waals surface area (Å²) in [5, 5.41) is 2.99. The SMILES string of the molecule is CCc1cccc(C)c1NC(=O)c1nc2cc(C)c(C)cc2nc1OC. The number of carbonyl (C=O) groups excluding carboxylic acids is 1. The summed E-state index contributed by atoms with van der Waals surface area (Å²) in [6.45, 7) is 8.07. The van der Waals surface area contributed by atoms with Gasteiger partial charge in [0.15, 0.2) is 5.69 Å². The molecule has 0 saturated carbocycles. The van der Waals surface area contributed by atoms with Gasteiger partial charge in [-0.05, 0) is 61.6 Å². The highest BCUT2D eigenvalue weighted by molar-refractivity contribution is 6.06. The summed E-state index contributed by atoms with van der Waals surface area (Å²) in [5.74, 6) is -0.0941. The summed E-state index contributed by atoms with van der Waals surface area (Å²) < 4.78 is 5.33. The molecule has 0 unspecified atom stereocenters. The van der Waals surface area contributed by atoms with Crippen LogP contribution in [-0.2, 0) is 6.42 Å². The van der Waals surface area contributed by atoms with E-state index >= 15 is 0 Å². The Morgan fingerprint density at radius 3 is 2.31 bits per heavy atom. The largest absolute Gasteiger partial charge is 0.479 e. The van der Waals surface area contributed by atoms with E-state index in [9.17, 15) is 4.79 Å². The summed E-state index contributed by atoms with van der Waals surface area (Å²) in [6, 6.07) is 9.88. The Labute approximate surface area is 153 Å². The summed E-state index contributed by atoms with van der Waals surface area (Å²) in [5.41, 5.74) is 6.73. The van der Waals surface area contributed by atoms with Gasteiger partial charge < -0.3 is 10.1 Å². The summed E-state index contributed by atoms with van der Waals surface area (Å²) >= 11 is 0. The van der Waals surface area contributed by atoms with Crippen molar-refractivity contribution in [3.05, 3.63) is 58.3 Å². The highest BCUT2D eigenvalue weighted by Crippen LogP contribution is 2.25. The molecule has 1 N–H and O–H groups in total. The van der Waals surface area contributed by atoms with E-state index in [2.05, 4.69) is 22.2 Å². The van der Waals surface area contributed by atoms with Crippen molar-refractivity contribution in [2.24, 2.45) is 0 Å². The van der Waals surface area contributed by atoms with Crippen LogP contribution < -0.4 is 10.1 Å². The van der Waals surface area contributed by atoms with Gasteiger partial charge in [-0.15, -0.1) is 0 Å². The lowest BCUT2D eigenvalue weighted by Gasteiger charge is -2.14. The predicted octanol–water partition coefficient (Wildman–Crippen LogP) is 4.38. The summed E-state index contributed by atoms with van der Waals surface area (Å²) in [6.07, 6.45) is 0.830. The van der Waals surface area contributed by atoms with Gasteiger partial charge in [-0.2, -0.15) is 0 Å². The lowest BCUT2D eigenvalue weighted by atomic mass is 10.1. The van der Waals surface area contributed by atoms with Crippen LogP contribution in [0.3, 0.4) is 0 Å². The number of amides is 1. The van der Waals surface area contributed by atoms with Crippen LogP contribution in [0.15, 0.2) is 30.3 Å². The van der Waals surface area contributed by atoms with Crippen LogP contribution in [0.5, 0.6) is 5.88 Å². The predicted molar refractivity (Wildman–Crippen MR) is 104 cm³/mol. The normalized spacial score (nSPS) is 10.8. The molecule has 0 saturated heterocycles. The van der Waals surface area contributed by atoms with Crippen molar-refractivity contribution in [3.63, 3.8) is 0 Å². The van der Waals surface area contributed by atoms with Crippen LogP contribution in [0.25, 0.3) is 11.0 Å². The first kappa shape index (κ1) is 17.9. The average molecular weight is 349 g/mol. The number of ether oxygens (including phenoxy) is 1.